The second kappa shape index (κ2) is 7.76. The van der Waals surface area contributed by atoms with Crippen LogP contribution < -0.4 is 5.32 Å². The quantitative estimate of drug-likeness (QED) is 0.747. The fourth-order valence-electron chi connectivity index (χ4n) is 3.19. The summed E-state index contributed by atoms with van der Waals surface area (Å²) in [6.45, 7) is 1.86. The highest BCUT2D eigenvalue weighted by Crippen LogP contribution is 2.20. The fourth-order valence-corrected chi connectivity index (χ4v) is 3.39. The molecular weight excluding hydrogens is 360 g/mol. The summed E-state index contributed by atoms with van der Waals surface area (Å²) in [7, 11) is 0. The predicted octanol–water partition coefficient (Wildman–Crippen LogP) is 3.94. The fraction of sp³-hybridized carbons (Fsp3) is 0.190. The summed E-state index contributed by atoms with van der Waals surface area (Å²) in [5, 5.41) is 3.88. The third-order valence-corrected chi connectivity index (χ3v) is 5.08. The van der Waals surface area contributed by atoms with Gasteiger partial charge in [0.2, 0.25) is 0 Å². The third-order valence-electron chi connectivity index (χ3n) is 4.71. The van der Waals surface area contributed by atoms with Gasteiger partial charge >= 0.3 is 0 Å². The molecule has 0 unspecified atom stereocenters. The summed E-state index contributed by atoms with van der Waals surface area (Å²) in [4.78, 5) is 23.2. The lowest BCUT2D eigenvalue weighted by Gasteiger charge is -2.28. The molecule has 0 radical (unpaired) electrons. The molecule has 5 nitrogen and oxygen atoms in total. The molecular formula is C21H19ClN4O. The normalized spacial score (nSPS) is 13.1. The molecule has 0 saturated heterocycles. The van der Waals surface area contributed by atoms with Crippen LogP contribution in [0.25, 0.3) is 0 Å². The van der Waals surface area contributed by atoms with Crippen molar-refractivity contribution in [2.24, 2.45) is 0 Å². The van der Waals surface area contributed by atoms with Crippen molar-refractivity contribution in [3.63, 3.8) is 0 Å². The van der Waals surface area contributed by atoms with Crippen molar-refractivity contribution in [2.75, 3.05) is 11.9 Å². The summed E-state index contributed by atoms with van der Waals surface area (Å²) in [6, 6.07) is 15.9. The number of fused-ring (bicyclic) bond motifs is 1. The van der Waals surface area contributed by atoms with Crippen LogP contribution in [0.15, 0.2) is 60.9 Å². The van der Waals surface area contributed by atoms with Crippen LogP contribution in [0.3, 0.4) is 0 Å². The number of hydrogen-bond donors (Lipinski definition) is 1. The number of anilines is 1. The molecule has 3 aromatic rings. The maximum absolute atomic E-state index is 12.7. The molecule has 1 aliphatic heterocycles. The van der Waals surface area contributed by atoms with E-state index in [1.165, 1.54) is 17.3 Å². The van der Waals surface area contributed by atoms with Crippen LogP contribution in [0.4, 0.5) is 5.82 Å². The average Bonchev–Trinajstić information content (AvgIpc) is 2.73. The summed E-state index contributed by atoms with van der Waals surface area (Å²) in [6.07, 6.45) is 3.98. The average molecular weight is 379 g/mol. The van der Waals surface area contributed by atoms with Crippen LogP contribution in [-0.4, -0.2) is 27.3 Å². The summed E-state index contributed by atoms with van der Waals surface area (Å²) in [5.41, 5.74) is 3.85. The van der Waals surface area contributed by atoms with Crippen LogP contribution in [0, 0.1) is 0 Å². The summed E-state index contributed by atoms with van der Waals surface area (Å²) in [5.74, 6) is 0.519. The molecule has 1 N–H and O–H groups in total. The van der Waals surface area contributed by atoms with Gasteiger partial charge in [-0.3, -0.25) is 4.79 Å². The van der Waals surface area contributed by atoms with Crippen LogP contribution in [0.2, 0.25) is 5.02 Å². The van der Waals surface area contributed by atoms with Gasteiger partial charge in [-0.15, -0.1) is 0 Å². The minimum Gasteiger partial charge on any atom is -0.365 e. The van der Waals surface area contributed by atoms with E-state index in [1.54, 1.807) is 6.20 Å². The van der Waals surface area contributed by atoms with E-state index < -0.39 is 0 Å². The first-order valence-corrected chi connectivity index (χ1v) is 9.24. The Morgan fingerprint density at radius 1 is 1.04 bits per heavy atom. The summed E-state index contributed by atoms with van der Waals surface area (Å²) < 4.78 is 0. The molecule has 1 aromatic heterocycles. The number of carbonyl (C=O) groups is 1. The van der Waals surface area contributed by atoms with Crippen molar-refractivity contribution in [2.45, 2.75) is 19.5 Å². The van der Waals surface area contributed by atoms with E-state index in [0.29, 0.717) is 36.2 Å². The van der Waals surface area contributed by atoms with Crippen LogP contribution in [0.5, 0.6) is 0 Å². The molecule has 136 valence electrons. The zero-order chi connectivity index (χ0) is 18.6. The highest BCUT2D eigenvalue weighted by atomic mass is 35.5. The lowest BCUT2D eigenvalue weighted by Crippen LogP contribution is -2.36. The molecule has 1 amide bonds. The molecule has 0 atom stereocenters. The van der Waals surface area contributed by atoms with Gasteiger partial charge in [0.15, 0.2) is 0 Å². The molecule has 0 saturated carbocycles. The van der Waals surface area contributed by atoms with Crippen LogP contribution >= 0.6 is 11.6 Å². The maximum atomic E-state index is 12.7. The van der Waals surface area contributed by atoms with Gasteiger partial charge < -0.3 is 10.2 Å². The highest BCUT2D eigenvalue weighted by Gasteiger charge is 2.22. The molecule has 2 aromatic carbocycles. The Bertz CT molecular complexity index is 958. The zero-order valence-corrected chi connectivity index (χ0v) is 15.5. The van der Waals surface area contributed by atoms with Crippen molar-refractivity contribution in [3.05, 3.63) is 88.3 Å². The number of carbonyl (C=O) groups excluding carboxylic acids is 1. The van der Waals surface area contributed by atoms with Gasteiger partial charge in [-0.05, 0) is 29.2 Å². The van der Waals surface area contributed by atoms with E-state index in [2.05, 4.69) is 27.4 Å². The molecule has 0 bridgehead atoms. The molecule has 1 aliphatic rings. The first-order chi connectivity index (χ1) is 13.2. The zero-order valence-electron chi connectivity index (χ0n) is 14.7. The molecule has 0 spiro atoms. The topological polar surface area (TPSA) is 58.1 Å². The highest BCUT2D eigenvalue weighted by molar-refractivity contribution is 6.31. The number of nitrogens with zero attached hydrogens (tertiary/aromatic N) is 3. The van der Waals surface area contributed by atoms with E-state index in [0.717, 1.165) is 12.0 Å². The van der Waals surface area contributed by atoms with Crippen molar-refractivity contribution < 1.29 is 4.79 Å². The molecule has 6 heteroatoms. The maximum Gasteiger partial charge on any atom is 0.274 e. The van der Waals surface area contributed by atoms with E-state index in [1.807, 2.05) is 41.3 Å². The number of nitrogens with one attached hydrogen (secondary N) is 1. The number of benzene rings is 2. The Morgan fingerprint density at radius 2 is 1.81 bits per heavy atom. The van der Waals surface area contributed by atoms with Crippen molar-refractivity contribution >= 4 is 23.3 Å². The Hall–Kier alpha value is -2.92. The predicted molar refractivity (Wildman–Crippen MR) is 106 cm³/mol. The molecule has 0 aliphatic carbocycles. The number of aromatic nitrogens is 2. The van der Waals surface area contributed by atoms with Gasteiger partial charge in [-0.1, -0.05) is 54.1 Å². The SMILES string of the molecule is O=C(c1cnc(NCc2ccccc2Cl)cn1)N1CCc2ccccc2C1. The minimum atomic E-state index is -0.0883. The smallest absolute Gasteiger partial charge is 0.274 e. The van der Waals surface area contributed by atoms with Gasteiger partial charge in [-0.25, -0.2) is 9.97 Å². The minimum absolute atomic E-state index is 0.0883. The molecule has 2 heterocycles. The van der Waals surface area contributed by atoms with Crippen molar-refractivity contribution in [3.8, 4) is 0 Å². The Balaban J connectivity index is 1.40. The number of rotatable bonds is 4. The van der Waals surface area contributed by atoms with Gasteiger partial charge in [0.25, 0.3) is 5.91 Å². The Labute approximate surface area is 163 Å². The van der Waals surface area contributed by atoms with Crippen molar-refractivity contribution in [1.82, 2.24) is 14.9 Å². The monoisotopic (exact) mass is 378 g/mol. The second-order valence-corrected chi connectivity index (χ2v) is 6.88. The van der Waals surface area contributed by atoms with E-state index in [9.17, 15) is 4.79 Å². The van der Waals surface area contributed by atoms with Crippen LogP contribution in [-0.2, 0) is 19.5 Å². The van der Waals surface area contributed by atoms with E-state index in [4.69, 9.17) is 11.6 Å². The Kier molecular flexibility index (Phi) is 5.03. The standard InChI is InChI=1S/C21H19ClN4O/c22-18-8-4-3-6-16(18)11-24-20-13-23-19(12-25-20)21(27)26-10-9-15-5-1-2-7-17(15)14-26/h1-8,12-13H,9-11,14H2,(H,24,25). The number of halogens is 1. The van der Waals surface area contributed by atoms with Crippen molar-refractivity contribution in [1.29, 1.82) is 0 Å². The van der Waals surface area contributed by atoms with Gasteiger partial charge in [0.1, 0.15) is 11.5 Å². The first-order valence-electron chi connectivity index (χ1n) is 8.86. The largest absolute Gasteiger partial charge is 0.365 e. The third kappa shape index (κ3) is 3.93. The first kappa shape index (κ1) is 17.5. The van der Waals surface area contributed by atoms with Gasteiger partial charge in [0.05, 0.1) is 12.4 Å². The van der Waals surface area contributed by atoms with Crippen LogP contribution in [0.1, 0.15) is 27.2 Å². The van der Waals surface area contributed by atoms with E-state index in [-0.39, 0.29) is 5.91 Å². The number of hydrogen-bond acceptors (Lipinski definition) is 4. The second-order valence-electron chi connectivity index (χ2n) is 6.48. The van der Waals surface area contributed by atoms with E-state index >= 15 is 0 Å². The number of amides is 1. The lowest BCUT2D eigenvalue weighted by atomic mass is 10.00. The lowest BCUT2D eigenvalue weighted by molar-refractivity contribution is 0.0728. The Morgan fingerprint density at radius 3 is 2.59 bits per heavy atom. The molecule has 4 rings (SSSR count). The molecule has 0 fully saturated rings. The molecule has 27 heavy (non-hydrogen) atoms. The van der Waals surface area contributed by atoms with Gasteiger partial charge in [-0.2, -0.15) is 0 Å². The summed E-state index contributed by atoms with van der Waals surface area (Å²) >= 11 is 6.15. The van der Waals surface area contributed by atoms with Gasteiger partial charge in [0, 0.05) is 24.7 Å².